The van der Waals surface area contributed by atoms with E-state index in [1.54, 1.807) is 6.92 Å². The van der Waals surface area contributed by atoms with E-state index < -0.39 is 10.0 Å². The SMILES string of the molecule is CCS(=O)(=O)NCC1CCCCC1C. The highest BCUT2D eigenvalue weighted by atomic mass is 32.2. The third-order valence-electron chi connectivity index (χ3n) is 3.23. The number of hydrogen-bond donors (Lipinski definition) is 1. The van der Waals surface area contributed by atoms with Crippen molar-refractivity contribution >= 4 is 10.0 Å². The van der Waals surface area contributed by atoms with Gasteiger partial charge in [0.25, 0.3) is 0 Å². The van der Waals surface area contributed by atoms with E-state index in [4.69, 9.17) is 0 Å². The van der Waals surface area contributed by atoms with E-state index in [1.165, 1.54) is 25.7 Å². The van der Waals surface area contributed by atoms with Crippen molar-refractivity contribution in [3.63, 3.8) is 0 Å². The molecule has 0 aliphatic heterocycles. The normalized spacial score (nSPS) is 29.0. The van der Waals surface area contributed by atoms with Gasteiger partial charge in [-0.3, -0.25) is 0 Å². The summed E-state index contributed by atoms with van der Waals surface area (Å²) in [6.07, 6.45) is 4.98. The Balaban J connectivity index is 2.36. The number of nitrogens with one attached hydrogen (secondary N) is 1. The van der Waals surface area contributed by atoms with E-state index in [0.717, 1.165) is 0 Å². The summed E-state index contributed by atoms with van der Waals surface area (Å²) in [4.78, 5) is 0. The Labute approximate surface area is 87.3 Å². The summed E-state index contributed by atoms with van der Waals surface area (Å²) in [6.45, 7) is 4.54. The van der Waals surface area contributed by atoms with Crippen LogP contribution in [-0.2, 0) is 10.0 Å². The molecule has 0 aromatic rings. The van der Waals surface area contributed by atoms with Crippen LogP contribution in [0, 0.1) is 11.8 Å². The second-order valence-electron chi connectivity index (χ2n) is 4.27. The number of sulfonamides is 1. The van der Waals surface area contributed by atoms with Gasteiger partial charge in [0.05, 0.1) is 5.75 Å². The van der Waals surface area contributed by atoms with Crippen LogP contribution >= 0.6 is 0 Å². The summed E-state index contributed by atoms with van der Waals surface area (Å²) < 4.78 is 25.2. The Morgan fingerprint density at radius 2 is 1.93 bits per heavy atom. The molecular formula is C10H21NO2S. The lowest BCUT2D eigenvalue weighted by Crippen LogP contribution is -2.34. The lowest BCUT2D eigenvalue weighted by Gasteiger charge is -2.28. The van der Waals surface area contributed by atoms with Gasteiger partial charge in [0.1, 0.15) is 0 Å². The molecule has 1 aliphatic carbocycles. The van der Waals surface area contributed by atoms with Gasteiger partial charge in [-0.25, -0.2) is 13.1 Å². The quantitative estimate of drug-likeness (QED) is 0.783. The van der Waals surface area contributed by atoms with Crippen molar-refractivity contribution in [2.24, 2.45) is 11.8 Å². The average Bonchev–Trinajstić information content (AvgIpc) is 2.17. The Morgan fingerprint density at radius 1 is 1.29 bits per heavy atom. The van der Waals surface area contributed by atoms with Gasteiger partial charge in [-0.05, 0) is 25.2 Å². The first-order chi connectivity index (χ1) is 6.55. The maximum atomic E-state index is 11.2. The molecule has 2 atom stereocenters. The third kappa shape index (κ3) is 3.58. The first-order valence-corrected chi connectivity index (χ1v) is 7.17. The highest BCUT2D eigenvalue weighted by molar-refractivity contribution is 7.89. The summed E-state index contributed by atoms with van der Waals surface area (Å²) in [7, 11) is -2.99. The average molecular weight is 219 g/mol. The highest BCUT2D eigenvalue weighted by Crippen LogP contribution is 2.28. The van der Waals surface area contributed by atoms with E-state index in [1.807, 2.05) is 0 Å². The van der Waals surface area contributed by atoms with Crippen LogP contribution in [0.2, 0.25) is 0 Å². The van der Waals surface area contributed by atoms with E-state index in [2.05, 4.69) is 11.6 Å². The molecule has 0 aromatic carbocycles. The molecule has 2 unspecified atom stereocenters. The maximum absolute atomic E-state index is 11.2. The zero-order valence-corrected chi connectivity index (χ0v) is 9.94. The molecule has 0 aromatic heterocycles. The lowest BCUT2D eigenvalue weighted by atomic mass is 9.81. The zero-order valence-electron chi connectivity index (χ0n) is 9.12. The predicted octanol–water partition coefficient (Wildman–Crippen LogP) is 1.75. The number of hydrogen-bond acceptors (Lipinski definition) is 2. The molecule has 0 radical (unpaired) electrons. The van der Waals surface area contributed by atoms with Crippen LogP contribution in [0.4, 0.5) is 0 Å². The first kappa shape index (κ1) is 12.0. The summed E-state index contributed by atoms with van der Waals surface area (Å²) in [5.74, 6) is 1.40. The van der Waals surface area contributed by atoms with Crippen LogP contribution in [0.1, 0.15) is 39.5 Å². The molecule has 0 heterocycles. The minimum Gasteiger partial charge on any atom is -0.215 e. The first-order valence-electron chi connectivity index (χ1n) is 5.52. The number of rotatable bonds is 4. The van der Waals surface area contributed by atoms with Gasteiger partial charge in [0.2, 0.25) is 10.0 Å². The fraction of sp³-hybridized carbons (Fsp3) is 1.00. The summed E-state index contributed by atoms with van der Waals surface area (Å²) in [5, 5.41) is 0. The van der Waals surface area contributed by atoms with Crippen molar-refractivity contribution in [1.82, 2.24) is 4.72 Å². The highest BCUT2D eigenvalue weighted by Gasteiger charge is 2.22. The molecule has 1 saturated carbocycles. The van der Waals surface area contributed by atoms with E-state index in [0.29, 0.717) is 18.4 Å². The second kappa shape index (κ2) is 5.12. The van der Waals surface area contributed by atoms with E-state index in [9.17, 15) is 8.42 Å². The standard InChI is InChI=1S/C10H21NO2S/c1-3-14(12,13)11-8-10-7-5-4-6-9(10)2/h9-11H,3-8H2,1-2H3. The lowest BCUT2D eigenvalue weighted by molar-refractivity contribution is 0.257. The summed E-state index contributed by atoms with van der Waals surface area (Å²) in [6, 6.07) is 0. The maximum Gasteiger partial charge on any atom is 0.211 e. The van der Waals surface area contributed by atoms with Gasteiger partial charge in [-0.15, -0.1) is 0 Å². The molecular weight excluding hydrogens is 198 g/mol. The summed E-state index contributed by atoms with van der Waals surface area (Å²) >= 11 is 0. The van der Waals surface area contributed by atoms with Crippen LogP contribution < -0.4 is 4.72 Å². The topological polar surface area (TPSA) is 46.2 Å². The molecule has 14 heavy (non-hydrogen) atoms. The molecule has 84 valence electrons. The molecule has 1 aliphatic rings. The molecule has 1 fully saturated rings. The molecule has 0 spiro atoms. The largest absolute Gasteiger partial charge is 0.215 e. The van der Waals surface area contributed by atoms with Crippen molar-refractivity contribution in [2.75, 3.05) is 12.3 Å². The zero-order chi connectivity index (χ0) is 10.6. The fourth-order valence-corrected chi connectivity index (χ4v) is 2.70. The van der Waals surface area contributed by atoms with Crippen molar-refractivity contribution < 1.29 is 8.42 Å². The van der Waals surface area contributed by atoms with Gasteiger partial charge in [0, 0.05) is 6.54 Å². The van der Waals surface area contributed by atoms with Crippen molar-refractivity contribution in [3.8, 4) is 0 Å². The summed E-state index contributed by atoms with van der Waals surface area (Å²) in [5.41, 5.74) is 0. The monoisotopic (exact) mass is 219 g/mol. The van der Waals surface area contributed by atoms with Crippen LogP contribution in [0.15, 0.2) is 0 Å². The second-order valence-corrected chi connectivity index (χ2v) is 6.37. The Kier molecular flexibility index (Phi) is 4.38. The van der Waals surface area contributed by atoms with Crippen LogP contribution in [0.3, 0.4) is 0 Å². The molecule has 4 heteroatoms. The van der Waals surface area contributed by atoms with Gasteiger partial charge in [-0.2, -0.15) is 0 Å². The Hall–Kier alpha value is -0.0900. The van der Waals surface area contributed by atoms with Crippen molar-refractivity contribution in [2.45, 2.75) is 39.5 Å². The van der Waals surface area contributed by atoms with Crippen LogP contribution in [0.5, 0.6) is 0 Å². The van der Waals surface area contributed by atoms with E-state index >= 15 is 0 Å². The Morgan fingerprint density at radius 3 is 2.50 bits per heavy atom. The van der Waals surface area contributed by atoms with E-state index in [-0.39, 0.29) is 5.75 Å². The minimum absolute atomic E-state index is 0.189. The van der Waals surface area contributed by atoms with Gasteiger partial charge in [0.15, 0.2) is 0 Å². The molecule has 0 bridgehead atoms. The molecule has 0 saturated heterocycles. The molecule has 3 nitrogen and oxygen atoms in total. The Bertz CT molecular complexity index is 261. The van der Waals surface area contributed by atoms with Gasteiger partial charge >= 0.3 is 0 Å². The fourth-order valence-electron chi connectivity index (χ4n) is 2.03. The molecule has 0 amide bonds. The molecule has 1 N–H and O–H groups in total. The van der Waals surface area contributed by atoms with Gasteiger partial charge in [-0.1, -0.05) is 26.2 Å². The van der Waals surface area contributed by atoms with Crippen molar-refractivity contribution in [3.05, 3.63) is 0 Å². The van der Waals surface area contributed by atoms with Crippen molar-refractivity contribution in [1.29, 1.82) is 0 Å². The smallest absolute Gasteiger partial charge is 0.211 e. The van der Waals surface area contributed by atoms with Crippen LogP contribution in [0.25, 0.3) is 0 Å². The minimum atomic E-state index is -2.99. The van der Waals surface area contributed by atoms with Crippen LogP contribution in [-0.4, -0.2) is 20.7 Å². The van der Waals surface area contributed by atoms with Gasteiger partial charge < -0.3 is 0 Å². The predicted molar refractivity (Wildman–Crippen MR) is 58.6 cm³/mol. The molecule has 1 rings (SSSR count). The third-order valence-corrected chi connectivity index (χ3v) is 4.60.